The Bertz CT molecular complexity index is 336. The van der Waals surface area contributed by atoms with Gasteiger partial charge in [-0.1, -0.05) is 0 Å². The van der Waals surface area contributed by atoms with E-state index >= 15 is 0 Å². The zero-order valence-corrected chi connectivity index (χ0v) is 12.3. The van der Waals surface area contributed by atoms with Crippen molar-refractivity contribution in [1.29, 1.82) is 0 Å². The zero-order chi connectivity index (χ0) is 13.6. The second-order valence-electron chi connectivity index (χ2n) is 7.93. The quantitative estimate of drug-likeness (QED) is 0.818. The Morgan fingerprint density at radius 2 is 1.63 bits per heavy atom. The highest BCUT2D eigenvalue weighted by molar-refractivity contribution is 5.77. The molecule has 0 saturated heterocycles. The predicted octanol–water partition coefficient (Wildman–Crippen LogP) is 2.30. The summed E-state index contributed by atoms with van der Waals surface area (Å²) >= 11 is 0. The van der Waals surface area contributed by atoms with E-state index in [-0.39, 0.29) is 11.4 Å². The van der Waals surface area contributed by atoms with E-state index in [2.05, 4.69) is 5.32 Å². The van der Waals surface area contributed by atoms with Crippen molar-refractivity contribution in [2.24, 2.45) is 35.3 Å². The Hall–Kier alpha value is -0.570. The average molecular weight is 264 g/mol. The Morgan fingerprint density at radius 1 is 1.11 bits per heavy atom. The van der Waals surface area contributed by atoms with Gasteiger partial charge in [-0.25, -0.2) is 0 Å². The number of amides is 1. The van der Waals surface area contributed by atoms with Crippen LogP contribution in [0, 0.1) is 29.6 Å². The largest absolute Gasteiger partial charge is 0.350 e. The van der Waals surface area contributed by atoms with E-state index in [1.54, 1.807) is 0 Å². The summed E-state index contributed by atoms with van der Waals surface area (Å²) in [6, 6.07) is 0. The summed E-state index contributed by atoms with van der Waals surface area (Å²) in [5.74, 6) is 4.52. The SMILES string of the molecule is CC(C)(CN)NC(=O)CC1C2CC3CC(C2)CC1C3. The highest BCUT2D eigenvalue weighted by Crippen LogP contribution is 2.57. The second kappa shape index (κ2) is 4.76. The summed E-state index contributed by atoms with van der Waals surface area (Å²) in [4.78, 5) is 12.2. The van der Waals surface area contributed by atoms with Gasteiger partial charge in [-0.15, -0.1) is 0 Å². The molecule has 1 amide bonds. The molecule has 4 bridgehead atoms. The van der Waals surface area contributed by atoms with Gasteiger partial charge in [0, 0.05) is 18.5 Å². The monoisotopic (exact) mass is 264 g/mol. The van der Waals surface area contributed by atoms with E-state index in [0.29, 0.717) is 12.5 Å². The minimum absolute atomic E-state index is 0.216. The van der Waals surface area contributed by atoms with Crippen molar-refractivity contribution in [3.8, 4) is 0 Å². The fourth-order valence-corrected chi connectivity index (χ4v) is 5.06. The molecular weight excluding hydrogens is 236 g/mol. The molecule has 4 fully saturated rings. The molecule has 3 nitrogen and oxygen atoms in total. The molecule has 0 atom stereocenters. The number of hydrogen-bond donors (Lipinski definition) is 2. The lowest BCUT2D eigenvalue weighted by molar-refractivity contribution is -0.127. The molecule has 0 heterocycles. The van der Waals surface area contributed by atoms with Crippen LogP contribution in [-0.2, 0) is 4.79 Å². The van der Waals surface area contributed by atoms with Crippen LogP contribution in [0.25, 0.3) is 0 Å². The van der Waals surface area contributed by atoms with E-state index in [4.69, 9.17) is 5.73 Å². The Labute approximate surface area is 116 Å². The van der Waals surface area contributed by atoms with Gasteiger partial charge in [-0.3, -0.25) is 4.79 Å². The van der Waals surface area contributed by atoms with E-state index in [1.165, 1.54) is 32.1 Å². The molecule has 3 heteroatoms. The van der Waals surface area contributed by atoms with Gasteiger partial charge in [-0.05, 0) is 75.5 Å². The Morgan fingerprint density at radius 3 is 2.11 bits per heavy atom. The molecule has 4 aliphatic rings. The van der Waals surface area contributed by atoms with Crippen LogP contribution in [-0.4, -0.2) is 18.0 Å². The van der Waals surface area contributed by atoms with Gasteiger partial charge in [0.15, 0.2) is 0 Å². The summed E-state index contributed by atoms with van der Waals surface area (Å²) in [7, 11) is 0. The van der Waals surface area contributed by atoms with Crippen LogP contribution in [0.4, 0.5) is 0 Å². The molecule has 0 spiro atoms. The summed E-state index contributed by atoms with van der Waals surface area (Å²) in [6.45, 7) is 4.50. The van der Waals surface area contributed by atoms with Crippen LogP contribution in [0.2, 0.25) is 0 Å². The van der Waals surface area contributed by atoms with Gasteiger partial charge in [0.1, 0.15) is 0 Å². The standard InChI is InChI=1S/C16H28N2O/c1-16(2,9-17)18-15(19)8-14-12-4-10-3-11(6-12)7-13(14)5-10/h10-14H,3-9,17H2,1-2H3,(H,18,19). The van der Waals surface area contributed by atoms with E-state index in [0.717, 1.165) is 30.1 Å². The zero-order valence-electron chi connectivity index (χ0n) is 12.3. The average Bonchev–Trinajstić information content (AvgIpc) is 2.32. The first-order valence-corrected chi connectivity index (χ1v) is 7.98. The van der Waals surface area contributed by atoms with E-state index < -0.39 is 0 Å². The number of carbonyl (C=O) groups excluding carboxylic acids is 1. The van der Waals surface area contributed by atoms with Crippen molar-refractivity contribution in [3.63, 3.8) is 0 Å². The maximum atomic E-state index is 12.2. The van der Waals surface area contributed by atoms with Crippen molar-refractivity contribution in [2.45, 2.75) is 57.9 Å². The molecule has 0 aromatic heterocycles. The Kier molecular flexibility index (Phi) is 3.36. The smallest absolute Gasteiger partial charge is 0.220 e. The molecule has 0 unspecified atom stereocenters. The second-order valence-corrected chi connectivity index (χ2v) is 7.93. The summed E-state index contributed by atoms with van der Waals surface area (Å²) in [5, 5.41) is 3.10. The minimum atomic E-state index is -0.261. The van der Waals surface area contributed by atoms with Gasteiger partial charge in [0.2, 0.25) is 5.91 Å². The van der Waals surface area contributed by atoms with Gasteiger partial charge in [-0.2, -0.15) is 0 Å². The normalized spacial score (nSPS) is 40.5. The van der Waals surface area contributed by atoms with Gasteiger partial charge < -0.3 is 11.1 Å². The lowest BCUT2D eigenvalue weighted by Gasteiger charge is -2.54. The van der Waals surface area contributed by atoms with Crippen LogP contribution in [0.15, 0.2) is 0 Å². The molecule has 0 aliphatic heterocycles. The third-order valence-electron chi connectivity index (χ3n) is 5.83. The number of nitrogens with two attached hydrogens (primary N) is 1. The first kappa shape index (κ1) is 13.4. The number of carbonyl (C=O) groups is 1. The number of nitrogens with one attached hydrogen (secondary N) is 1. The van der Waals surface area contributed by atoms with Crippen molar-refractivity contribution in [3.05, 3.63) is 0 Å². The van der Waals surface area contributed by atoms with Crippen LogP contribution in [0.3, 0.4) is 0 Å². The first-order chi connectivity index (χ1) is 8.97. The third kappa shape index (κ3) is 2.67. The maximum absolute atomic E-state index is 12.2. The molecule has 0 aromatic carbocycles. The molecule has 4 saturated carbocycles. The van der Waals surface area contributed by atoms with Gasteiger partial charge >= 0.3 is 0 Å². The molecular formula is C16H28N2O. The molecule has 0 aromatic rings. The molecule has 4 aliphatic carbocycles. The molecule has 3 N–H and O–H groups in total. The van der Waals surface area contributed by atoms with Crippen LogP contribution >= 0.6 is 0 Å². The van der Waals surface area contributed by atoms with E-state index in [9.17, 15) is 4.79 Å². The van der Waals surface area contributed by atoms with Crippen molar-refractivity contribution >= 4 is 5.91 Å². The van der Waals surface area contributed by atoms with Crippen molar-refractivity contribution in [2.75, 3.05) is 6.54 Å². The first-order valence-electron chi connectivity index (χ1n) is 7.98. The predicted molar refractivity (Wildman–Crippen MR) is 76.4 cm³/mol. The van der Waals surface area contributed by atoms with Crippen molar-refractivity contribution in [1.82, 2.24) is 5.32 Å². The molecule has 0 radical (unpaired) electrons. The summed E-state index contributed by atoms with van der Waals surface area (Å²) < 4.78 is 0. The summed E-state index contributed by atoms with van der Waals surface area (Å²) in [6.07, 6.45) is 7.79. The maximum Gasteiger partial charge on any atom is 0.220 e. The van der Waals surface area contributed by atoms with Crippen LogP contribution < -0.4 is 11.1 Å². The highest BCUT2D eigenvalue weighted by atomic mass is 16.1. The fourth-order valence-electron chi connectivity index (χ4n) is 5.06. The van der Waals surface area contributed by atoms with Crippen molar-refractivity contribution < 1.29 is 4.79 Å². The van der Waals surface area contributed by atoms with Crippen LogP contribution in [0.1, 0.15) is 52.4 Å². The number of hydrogen-bond acceptors (Lipinski definition) is 2. The van der Waals surface area contributed by atoms with Gasteiger partial charge in [0.05, 0.1) is 0 Å². The lowest BCUT2D eigenvalue weighted by Crippen LogP contribution is -2.51. The van der Waals surface area contributed by atoms with E-state index in [1.807, 2.05) is 13.8 Å². The topological polar surface area (TPSA) is 55.1 Å². The number of rotatable bonds is 4. The third-order valence-corrected chi connectivity index (χ3v) is 5.83. The molecule has 19 heavy (non-hydrogen) atoms. The van der Waals surface area contributed by atoms with Crippen LogP contribution in [0.5, 0.6) is 0 Å². The summed E-state index contributed by atoms with van der Waals surface area (Å²) in [5.41, 5.74) is 5.43. The highest BCUT2D eigenvalue weighted by Gasteiger charge is 2.48. The molecule has 108 valence electrons. The fraction of sp³-hybridized carbons (Fsp3) is 0.938. The Balaban J connectivity index is 1.60. The lowest BCUT2D eigenvalue weighted by atomic mass is 9.51. The molecule has 4 rings (SSSR count). The van der Waals surface area contributed by atoms with Gasteiger partial charge in [0.25, 0.3) is 0 Å². The minimum Gasteiger partial charge on any atom is -0.350 e.